The van der Waals surface area contributed by atoms with E-state index in [1.165, 1.54) is 12.1 Å². The van der Waals surface area contributed by atoms with Crippen molar-refractivity contribution in [2.45, 2.75) is 26.3 Å². The van der Waals surface area contributed by atoms with Crippen molar-refractivity contribution < 1.29 is 9.18 Å². The topological polar surface area (TPSA) is 78.9 Å². The van der Waals surface area contributed by atoms with E-state index in [9.17, 15) is 9.18 Å². The number of anilines is 1. The maximum Gasteiger partial charge on any atom is 0.241 e. The third-order valence-corrected chi connectivity index (χ3v) is 2.92. The quantitative estimate of drug-likeness (QED) is 0.856. The Morgan fingerprint density at radius 1 is 1.61 bits per heavy atom. The van der Waals surface area contributed by atoms with E-state index in [-0.39, 0.29) is 17.2 Å². The van der Waals surface area contributed by atoms with Crippen molar-refractivity contribution in [1.82, 2.24) is 0 Å². The van der Waals surface area contributed by atoms with Crippen LogP contribution in [0, 0.1) is 23.1 Å². The minimum absolute atomic E-state index is 0.0199. The number of nitrogens with two attached hydrogens (primary N) is 1. The molecular formula is C13H16FN3O. The summed E-state index contributed by atoms with van der Waals surface area (Å²) in [5, 5.41) is 11.0. The molecule has 0 aliphatic carbocycles. The number of carbonyl (C=O) groups is 1. The lowest BCUT2D eigenvalue weighted by molar-refractivity contribution is -0.118. The first-order chi connectivity index (χ1) is 8.49. The Morgan fingerprint density at radius 2 is 2.28 bits per heavy atom. The van der Waals surface area contributed by atoms with E-state index >= 15 is 0 Å². The van der Waals surface area contributed by atoms with Gasteiger partial charge >= 0.3 is 0 Å². The van der Waals surface area contributed by atoms with Crippen LogP contribution in [0.5, 0.6) is 0 Å². The van der Waals surface area contributed by atoms with Crippen LogP contribution in [0.1, 0.15) is 25.8 Å². The van der Waals surface area contributed by atoms with Crippen LogP contribution in [0.3, 0.4) is 0 Å². The van der Waals surface area contributed by atoms with Gasteiger partial charge in [-0.15, -0.1) is 0 Å². The van der Waals surface area contributed by atoms with Gasteiger partial charge in [-0.2, -0.15) is 5.26 Å². The first-order valence-corrected chi connectivity index (χ1v) is 5.75. The maximum absolute atomic E-state index is 13.5. The average Bonchev–Trinajstić information content (AvgIpc) is 2.38. The number of nitrogens with zero attached hydrogens (tertiary/aromatic N) is 1. The van der Waals surface area contributed by atoms with Gasteiger partial charge < -0.3 is 11.1 Å². The van der Waals surface area contributed by atoms with Gasteiger partial charge in [-0.05, 0) is 24.1 Å². The second-order valence-corrected chi connectivity index (χ2v) is 4.21. The second-order valence-electron chi connectivity index (χ2n) is 4.21. The summed E-state index contributed by atoms with van der Waals surface area (Å²) < 4.78 is 13.5. The van der Waals surface area contributed by atoms with Gasteiger partial charge in [-0.3, -0.25) is 4.79 Å². The van der Waals surface area contributed by atoms with E-state index in [0.717, 1.165) is 12.5 Å². The molecule has 0 saturated carbocycles. The highest BCUT2D eigenvalue weighted by atomic mass is 19.1. The molecule has 5 heteroatoms. The summed E-state index contributed by atoms with van der Waals surface area (Å²) in [7, 11) is 0. The molecule has 2 atom stereocenters. The molecule has 0 aromatic heterocycles. The highest BCUT2D eigenvalue weighted by molar-refractivity contribution is 5.95. The molecular weight excluding hydrogens is 233 g/mol. The Bertz CT molecular complexity index is 482. The van der Waals surface area contributed by atoms with Gasteiger partial charge in [0.1, 0.15) is 5.82 Å². The fraction of sp³-hybridized carbons (Fsp3) is 0.385. The Balaban J connectivity index is 2.80. The van der Waals surface area contributed by atoms with E-state index in [2.05, 4.69) is 5.32 Å². The summed E-state index contributed by atoms with van der Waals surface area (Å²) in [5.41, 5.74) is 5.98. The van der Waals surface area contributed by atoms with Crippen molar-refractivity contribution >= 4 is 11.6 Å². The number of hydrogen-bond acceptors (Lipinski definition) is 3. The summed E-state index contributed by atoms with van der Waals surface area (Å²) >= 11 is 0. The number of benzene rings is 1. The number of carbonyl (C=O) groups excluding carboxylic acids is 1. The molecule has 0 aliphatic heterocycles. The predicted molar refractivity (Wildman–Crippen MR) is 67.2 cm³/mol. The van der Waals surface area contributed by atoms with Gasteiger partial charge in [0, 0.05) is 0 Å². The van der Waals surface area contributed by atoms with Crippen LogP contribution in [0.25, 0.3) is 0 Å². The van der Waals surface area contributed by atoms with E-state index in [0.29, 0.717) is 0 Å². The molecule has 4 nitrogen and oxygen atoms in total. The molecule has 0 spiro atoms. The fourth-order valence-electron chi connectivity index (χ4n) is 1.41. The van der Waals surface area contributed by atoms with Crippen LogP contribution in [0.2, 0.25) is 0 Å². The van der Waals surface area contributed by atoms with E-state index in [1.807, 2.05) is 19.9 Å². The average molecular weight is 249 g/mol. The van der Waals surface area contributed by atoms with Crippen molar-refractivity contribution in [2.24, 2.45) is 11.7 Å². The molecule has 2 unspecified atom stereocenters. The molecule has 0 heterocycles. The van der Waals surface area contributed by atoms with Crippen molar-refractivity contribution in [3.63, 3.8) is 0 Å². The predicted octanol–water partition coefficient (Wildman–Crippen LogP) is 2.01. The molecule has 0 bridgehead atoms. The van der Waals surface area contributed by atoms with E-state index < -0.39 is 17.8 Å². The van der Waals surface area contributed by atoms with Gasteiger partial charge in [-0.25, -0.2) is 4.39 Å². The number of nitrogens with one attached hydrogen (secondary N) is 1. The van der Waals surface area contributed by atoms with Crippen molar-refractivity contribution in [3.05, 3.63) is 29.6 Å². The number of rotatable bonds is 4. The molecule has 96 valence electrons. The summed E-state index contributed by atoms with van der Waals surface area (Å²) in [6.07, 6.45) is 0.768. The van der Waals surface area contributed by atoms with Crippen LogP contribution in [-0.2, 0) is 4.79 Å². The highest BCUT2D eigenvalue weighted by Gasteiger charge is 2.20. The molecule has 0 fully saturated rings. The zero-order chi connectivity index (χ0) is 13.7. The minimum Gasteiger partial charge on any atom is -0.322 e. The molecule has 0 aliphatic rings. The summed E-state index contributed by atoms with van der Waals surface area (Å²) in [4.78, 5) is 11.8. The van der Waals surface area contributed by atoms with E-state index in [1.54, 1.807) is 0 Å². The molecule has 0 radical (unpaired) electrons. The van der Waals surface area contributed by atoms with Crippen LogP contribution in [0.4, 0.5) is 10.1 Å². The van der Waals surface area contributed by atoms with Crippen molar-refractivity contribution in [3.8, 4) is 6.07 Å². The maximum atomic E-state index is 13.5. The number of amides is 1. The van der Waals surface area contributed by atoms with Crippen LogP contribution < -0.4 is 11.1 Å². The van der Waals surface area contributed by atoms with Gasteiger partial charge in [0.05, 0.1) is 23.4 Å². The lowest BCUT2D eigenvalue weighted by Crippen LogP contribution is -2.40. The third kappa shape index (κ3) is 3.28. The summed E-state index contributed by atoms with van der Waals surface area (Å²) in [6.45, 7) is 3.79. The molecule has 1 aromatic carbocycles. The lowest BCUT2D eigenvalue weighted by Gasteiger charge is -2.17. The fourth-order valence-corrected chi connectivity index (χ4v) is 1.41. The molecule has 1 rings (SSSR count). The first kappa shape index (κ1) is 14.1. The summed E-state index contributed by atoms with van der Waals surface area (Å²) in [6, 6.07) is 5.01. The number of hydrogen-bond donors (Lipinski definition) is 2. The van der Waals surface area contributed by atoms with E-state index in [4.69, 9.17) is 11.0 Å². The number of nitriles is 1. The molecule has 18 heavy (non-hydrogen) atoms. The second kappa shape index (κ2) is 6.12. The Morgan fingerprint density at radius 3 is 2.78 bits per heavy atom. The molecule has 3 N–H and O–H groups in total. The monoisotopic (exact) mass is 249 g/mol. The minimum atomic E-state index is -0.676. The molecule has 1 aromatic rings. The van der Waals surface area contributed by atoms with Gasteiger partial charge in [-0.1, -0.05) is 20.3 Å². The summed E-state index contributed by atoms with van der Waals surface area (Å²) in [5.74, 6) is -1.04. The molecule has 1 amide bonds. The third-order valence-electron chi connectivity index (χ3n) is 2.92. The Kier molecular flexibility index (Phi) is 4.81. The normalized spacial score (nSPS) is 13.5. The standard InChI is InChI=1S/C13H16FN3O/c1-3-8(2)12(16)13(18)17-11-5-4-9(7-15)6-10(11)14/h4-6,8,12H,3,16H2,1-2H3,(H,17,18). The highest BCUT2D eigenvalue weighted by Crippen LogP contribution is 2.16. The zero-order valence-electron chi connectivity index (χ0n) is 10.4. The van der Waals surface area contributed by atoms with Gasteiger partial charge in [0.25, 0.3) is 0 Å². The van der Waals surface area contributed by atoms with Crippen molar-refractivity contribution in [1.29, 1.82) is 5.26 Å². The van der Waals surface area contributed by atoms with Gasteiger partial charge in [0.2, 0.25) is 5.91 Å². The zero-order valence-corrected chi connectivity index (χ0v) is 10.4. The van der Waals surface area contributed by atoms with Crippen LogP contribution in [-0.4, -0.2) is 11.9 Å². The Hall–Kier alpha value is -1.93. The van der Waals surface area contributed by atoms with Crippen LogP contribution >= 0.6 is 0 Å². The lowest BCUT2D eigenvalue weighted by atomic mass is 9.99. The smallest absolute Gasteiger partial charge is 0.241 e. The SMILES string of the molecule is CCC(C)C(N)C(=O)Nc1ccc(C#N)cc1F. The Labute approximate surface area is 106 Å². The van der Waals surface area contributed by atoms with Crippen LogP contribution in [0.15, 0.2) is 18.2 Å². The first-order valence-electron chi connectivity index (χ1n) is 5.75. The van der Waals surface area contributed by atoms with Crippen molar-refractivity contribution in [2.75, 3.05) is 5.32 Å². The largest absolute Gasteiger partial charge is 0.322 e. The molecule has 0 saturated heterocycles. The van der Waals surface area contributed by atoms with Gasteiger partial charge in [0.15, 0.2) is 0 Å². The number of halogens is 1.